The van der Waals surface area contributed by atoms with Gasteiger partial charge in [-0.2, -0.15) is 0 Å². The summed E-state index contributed by atoms with van der Waals surface area (Å²) in [6, 6.07) is 4.85. The fourth-order valence-corrected chi connectivity index (χ4v) is 2.02. The van der Waals surface area contributed by atoms with Crippen molar-refractivity contribution < 1.29 is 14.7 Å². The topological polar surface area (TPSA) is 92.4 Å². The van der Waals surface area contributed by atoms with E-state index < -0.39 is 11.4 Å². The first kappa shape index (κ1) is 12.9. The largest absolute Gasteiger partial charge is 0.481 e. The van der Waals surface area contributed by atoms with Gasteiger partial charge in [-0.1, -0.05) is 0 Å². The van der Waals surface area contributed by atoms with E-state index in [2.05, 4.69) is 21.2 Å². The molecule has 5 nitrogen and oxygen atoms in total. The van der Waals surface area contributed by atoms with Crippen LogP contribution in [-0.2, 0) is 4.79 Å². The SMILES string of the molecule is Nc1ccc(C(=O)NCC2(C(=O)O)CC2)cc1Br. The molecule has 4 N–H and O–H groups in total. The van der Waals surface area contributed by atoms with Gasteiger partial charge in [0.15, 0.2) is 0 Å². The summed E-state index contributed by atoms with van der Waals surface area (Å²) in [6.45, 7) is 0.170. The van der Waals surface area contributed by atoms with Gasteiger partial charge in [-0.3, -0.25) is 9.59 Å². The van der Waals surface area contributed by atoms with Crippen molar-refractivity contribution in [3.8, 4) is 0 Å². The van der Waals surface area contributed by atoms with E-state index in [-0.39, 0.29) is 12.5 Å². The Morgan fingerprint density at radius 2 is 2.11 bits per heavy atom. The van der Waals surface area contributed by atoms with Crippen LogP contribution in [0.3, 0.4) is 0 Å². The Labute approximate surface area is 112 Å². The van der Waals surface area contributed by atoms with E-state index in [1.54, 1.807) is 18.2 Å². The zero-order valence-corrected chi connectivity index (χ0v) is 11.2. The van der Waals surface area contributed by atoms with Crippen LogP contribution in [0.25, 0.3) is 0 Å². The number of benzene rings is 1. The first-order valence-corrected chi connectivity index (χ1v) is 6.30. The maximum atomic E-state index is 11.8. The van der Waals surface area contributed by atoms with E-state index in [0.717, 1.165) is 0 Å². The van der Waals surface area contributed by atoms with Crippen molar-refractivity contribution in [2.75, 3.05) is 12.3 Å². The third-order valence-electron chi connectivity index (χ3n) is 3.16. The summed E-state index contributed by atoms with van der Waals surface area (Å²) < 4.78 is 0.648. The molecule has 1 aliphatic rings. The second-order valence-corrected chi connectivity index (χ2v) is 5.36. The standard InChI is InChI=1S/C12H13BrN2O3/c13-8-5-7(1-2-9(8)14)10(16)15-6-12(3-4-12)11(17)18/h1-2,5H,3-4,6,14H2,(H,15,16)(H,17,18). The molecule has 0 atom stereocenters. The summed E-state index contributed by atoms with van der Waals surface area (Å²) in [5.41, 5.74) is 5.88. The van der Waals surface area contributed by atoms with E-state index in [9.17, 15) is 9.59 Å². The van der Waals surface area contributed by atoms with Crippen LogP contribution < -0.4 is 11.1 Å². The van der Waals surface area contributed by atoms with Crippen LogP contribution >= 0.6 is 15.9 Å². The predicted molar refractivity (Wildman–Crippen MR) is 70.2 cm³/mol. The molecule has 96 valence electrons. The van der Waals surface area contributed by atoms with Crippen LogP contribution in [-0.4, -0.2) is 23.5 Å². The van der Waals surface area contributed by atoms with Gasteiger partial charge in [0.25, 0.3) is 5.91 Å². The Balaban J connectivity index is 2.00. The number of hydrogen-bond acceptors (Lipinski definition) is 3. The van der Waals surface area contributed by atoms with Crippen molar-refractivity contribution in [2.45, 2.75) is 12.8 Å². The molecule has 0 heterocycles. The minimum absolute atomic E-state index is 0.170. The molecule has 1 fully saturated rings. The second-order valence-electron chi connectivity index (χ2n) is 4.50. The van der Waals surface area contributed by atoms with Gasteiger partial charge in [0.05, 0.1) is 5.41 Å². The molecule has 1 aliphatic carbocycles. The summed E-state index contributed by atoms with van der Waals surface area (Å²) in [5, 5.41) is 11.6. The van der Waals surface area contributed by atoms with E-state index >= 15 is 0 Å². The summed E-state index contributed by atoms with van der Waals surface area (Å²) >= 11 is 3.24. The van der Waals surface area contributed by atoms with Crippen LogP contribution in [0.4, 0.5) is 5.69 Å². The molecule has 1 aromatic rings. The van der Waals surface area contributed by atoms with Crippen molar-refractivity contribution >= 4 is 33.5 Å². The van der Waals surface area contributed by atoms with Gasteiger partial charge >= 0.3 is 5.97 Å². The number of halogens is 1. The molecule has 0 spiro atoms. The fraction of sp³-hybridized carbons (Fsp3) is 0.333. The Hall–Kier alpha value is -1.56. The smallest absolute Gasteiger partial charge is 0.311 e. The van der Waals surface area contributed by atoms with Crippen molar-refractivity contribution in [2.24, 2.45) is 5.41 Å². The lowest BCUT2D eigenvalue weighted by Gasteiger charge is -2.11. The molecule has 0 unspecified atom stereocenters. The van der Waals surface area contributed by atoms with Crippen molar-refractivity contribution in [1.82, 2.24) is 5.32 Å². The van der Waals surface area contributed by atoms with Gasteiger partial charge in [-0.15, -0.1) is 0 Å². The molecule has 0 saturated heterocycles. The highest BCUT2D eigenvalue weighted by Gasteiger charge is 2.50. The molecular weight excluding hydrogens is 300 g/mol. The van der Waals surface area contributed by atoms with E-state index in [1.807, 2.05) is 0 Å². The van der Waals surface area contributed by atoms with Gasteiger partial charge in [-0.25, -0.2) is 0 Å². The number of carboxylic acids is 1. The number of aliphatic carboxylic acids is 1. The Kier molecular flexibility index (Phi) is 3.30. The maximum absolute atomic E-state index is 11.8. The van der Waals surface area contributed by atoms with Crippen LogP contribution in [0.1, 0.15) is 23.2 Å². The minimum atomic E-state index is -0.846. The highest BCUT2D eigenvalue weighted by Crippen LogP contribution is 2.45. The maximum Gasteiger partial charge on any atom is 0.311 e. The first-order valence-electron chi connectivity index (χ1n) is 5.51. The summed E-state index contributed by atoms with van der Waals surface area (Å²) in [5.74, 6) is -1.13. The molecule has 1 aromatic carbocycles. The highest BCUT2D eigenvalue weighted by molar-refractivity contribution is 9.10. The van der Waals surface area contributed by atoms with Gasteiger partial charge in [-0.05, 0) is 47.0 Å². The number of amides is 1. The summed E-state index contributed by atoms with van der Waals surface area (Å²) in [6.07, 6.45) is 1.24. The first-order chi connectivity index (χ1) is 8.44. The summed E-state index contributed by atoms with van der Waals surface area (Å²) in [4.78, 5) is 22.8. The molecule has 0 radical (unpaired) electrons. The number of nitrogens with one attached hydrogen (secondary N) is 1. The zero-order valence-electron chi connectivity index (χ0n) is 9.57. The van der Waals surface area contributed by atoms with Crippen molar-refractivity contribution in [3.05, 3.63) is 28.2 Å². The zero-order chi connectivity index (χ0) is 13.3. The summed E-state index contributed by atoms with van der Waals surface area (Å²) in [7, 11) is 0. The molecule has 1 saturated carbocycles. The lowest BCUT2D eigenvalue weighted by molar-refractivity contribution is -0.143. The molecule has 0 aliphatic heterocycles. The van der Waals surface area contributed by atoms with Crippen molar-refractivity contribution in [1.29, 1.82) is 0 Å². The Morgan fingerprint density at radius 3 is 2.61 bits per heavy atom. The lowest BCUT2D eigenvalue weighted by atomic mass is 10.1. The Bertz CT molecular complexity index is 512. The predicted octanol–water partition coefficient (Wildman–Crippen LogP) is 1.63. The normalized spacial score (nSPS) is 16.1. The van der Waals surface area contributed by atoms with Gasteiger partial charge < -0.3 is 16.2 Å². The number of carboxylic acid groups (broad SMARTS) is 1. The third kappa shape index (κ3) is 2.48. The van der Waals surface area contributed by atoms with Crippen LogP contribution in [0.15, 0.2) is 22.7 Å². The molecule has 6 heteroatoms. The highest BCUT2D eigenvalue weighted by atomic mass is 79.9. The van der Waals surface area contributed by atoms with Gasteiger partial charge in [0.1, 0.15) is 0 Å². The monoisotopic (exact) mass is 312 g/mol. The lowest BCUT2D eigenvalue weighted by Crippen LogP contribution is -2.34. The molecule has 1 amide bonds. The van der Waals surface area contributed by atoms with Gasteiger partial charge in [0.2, 0.25) is 0 Å². The average Bonchev–Trinajstić information content (AvgIpc) is 3.11. The number of nitrogen functional groups attached to an aromatic ring is 1. The number of anilines is 1. The van der Waals surface area contributed by atoms with Crippen LogP contribution in [0.2, 0.25) is 0 Å². The fourth-order valence-electron chi connectivity index (χ4n) is 1.64. The van der Waals surface area contributed by atoms with Crippen LogP contribution in [0.5, 0.6) is 0 Å². The van der Waals surface area contributed by atoms with Crippen molar-refractivity contribution in [3.63, 3.8) is 0 Å². The number of carbonyl (C=O) groups is 2. The molecule has 2 rings (SSSR count). The van der Waals surface area contributed by atoms with E-state index in [0.29, 0.717) is 28.6 Å². The number of carbonyl (C=O) groups excluding carboxylic acids is 1. The second kappa shape index (κ2) is 4.61. The van der Waals surface area contributed by atoms with E-state index in [1.165, 1.54) is 0 Å². The molecule has 18 heavy (non-hydrogen) atoms. The average molecular weight is 313 g/mol. The molecular formula is C12H13BrN2O3. The van der Waals surface area contributed by atoms with Crippen LogP contribution in [0, 0.1) is 5.41 Å². The molecule has 0 aromatic heterocycles. The van der Waals surface area contributed by atoms with E-state index in [4.69, 9.17) is 10.8 Å². The number of nitrogens with two attached hydrogens (primary N) is 1. The van der Waals surface area contributed by atoms with Gasteiger partial charge in [0, 0.05) is 22.3 Å². The Morgan fingerprint density at radius 1 is 1.44 bits per heavy atom. The number of hydrogen-bond donors (Lipinski definition) is 3. The quantitative estimate of drug-likeness (QED) is 0.737. The minimum Gasteiger partial charge on any atom is -0.481 e. The molecule has 0 bridgehead atoms. The number of rotatable bonds is 4. The third-order valence-corrected chi connectivity index (χ3v) is 3.84.